The quantitative estimate of drug-likeness (QED) is 0.514. The summed E-state index contributed by atoms with van der Waals surface area (Å²) >= 11 is 0. The highest BCUT2D eigenvalue weighted by atomic mass is 16.2. The first-order valence-corrected chi connectivity index (χ1v) is 12.4. The highest BCUT2D eigenvalue weighted by Crippen LogP contribution is 2.25. The molecule has 4 heterocycles. The number of pyridine rings is 1. The molecule has 0 spiro atoms. The van der Waals surface area contributed by atoms with Crippen molar-refractivity contribution in [1.29, 1.82) is 0 Å². The van der Waals surface area contributed by atoms with Gasteiger partial charge in [-0.2, -0.15) is 5.10 Å². The first kappa shape index (κ1) is 23.0. The topological polar surface area (TPSA) is 71.3 Å². The van der Waals surface area contributed by atoms with Crippen molar-refractivity contribution in [2.24, 2.45) is 5.92 Å². The van der Waals surface area contributed by atoms with Crippen molar-refractivity contribution in [3.8, 4) is 11.3 Å². The van der Waals surface area contributed by atoms with Gasteiger partial charge in [0.15, 0.2) is 0 Å². The van der Waals surface area contributed by atoms with E-state index in [0.717, 1.165) is 61.2 Å². The van der Waals surface area contributed by atoms with Gasteiger partial charge in [-0.05, 0) is 49.5 Å². The third kappa shape index (κ3) is 5.50. The molecule has 0 radical (unpaired) electrons. The zero-order valence-electron chi connectivity index (χ0n) is 19.9. The van der Waals surface area contributed by atoms with Crippen LogP contribution in [-0.2, 0) is 16.1 Å². The molecule has 5 rings (SSSR count). The number of nitrogens with zero attached hydrogens (tertiary/aromatic N) is 5. The number of hydrogen-bond acceptors (Lipinski definition) is 4. The van der Waals surface area contributed by atoms with Gasteiger partial charge in [0.2, 0.25) is 11.8 Å². The number of benzene rings is 1. The van der Waals surface area contributed by atoms with E-state index >= 15 is 0 Å². The summed E-state index contributed by atoms with van der Waals surface area (Å²) in [7, 11) is 0. The van der Waals surface area contributed by atoms with Crippen LogP contribution in [0.15, 0.2) is 67.1 Å². The minimum Gasteiger partial charge on any atom is -0.342 e. The molecule has 2 aliphatic heterocycles. The van der Waals surface area contributed by atoms with E-state index in [9.17, 15) is 9.59 Å². The molecule has 180 valence electrons. The minimum absolute atomic E-state index is 0.0231. The molecule has 3 aromatic rings. The normalized spacial score (nSPS) is 16.8. The number of amides is 2. The average Bonchev–Trinajstić information content (AvgIpc) is 3.59. The van der Waals surface area contributed by atoms with Gasteiger partial charge in [-0.1, -0.05) is 30.3 Å². The number of piperidine rings is 1. The zero-order chi connectivity index (χ0) is 24.0. The maximum absolute atomic E-state index is 13.0. The average molecular weight is 470 g/mol. The molecule has 0 unspecified atom stereocenters. The first-order valence-electron chi connectivity index (χ1n) is 12.4. The molecule has 2 fully saturated rings. The van der Waals surface area contributed by atoms with Crippen molar-refractivity contribution in [2.45, 2.75) is 32.2 Å². The molecule has 0 aliphatic carbocycles. The summed E-state index contributed by atoms with van der Waals surface area (Å²) in [5, 5.41) is 4.79. The fourth-order valence-electron chi connectivity index (χ4n) is 4.95. The van der Waals surface area contributed by atoms with Gasteiger partial charge in [-0.15, -0.1) is 0 Å². The summed E-state index contributed by atoms with van der Waals surface area (Å²) in [6.45, 7) is 3.66. The Kier molecular flexibility index (Phi) is 7.02. The number of carbonyl (C=O) groups is 2. The standard InChI is InChI=1S/C28H31N5O2/c34-26(31-17-12-23(13-18-31)28(35)32-15-4-5-16-32)11-10-25-21-33(20-22-7-2-1-3-8-22)30-27(25)24-9-6-14-29-19-24/h1-3,6-11,14,19,21,23H,4-5,12-13,15-18,20H2/b11-10+. The number of aromatic nitrogens is 3. The summed E-state index contributed by atoms with van der Waals surface area (Å²) in [6.07, 6.45) is 12.7. The van der Waals surface area contributed by atoms with Gasteiger partial charge in [-0.25, -0.2) is 0 Å². The van der Waals surface area contributed by atoms with Crippen LogP contribution in [0.5, 0.6) is 0 Å². The third-order valence-electron chi connectivity index (χ3n) is 6.89. The van der Waals surface area contributed by atoms with Crippen molar-refractivity contribution in [1.82, 2.24) is 24.6 Å². The largest absolute Gasteiger partial charge is 0.342 e. The predicted octanol–water partition coefficient (Wildman–Crippen LogP) is 3.87. The van der Waals surface area contributed by atoms with E-state index in [1.54, 1.807) is 18.5 Å². The fraction of sp³-hybridized carbons (Fsp3) is 0.357. The Morgan fingerprint density at radius 1 is 0.943 bits per heavy atom. The van der Waals surface area contributed by atoms with Gasteiger partial charge >= 0.3 is 0 Å². The summed E-state index contributed by atoms with van der Waals surface area (Å²) in [4.78, 5) is 33.7. The Morgan fingerprint density at radius 2 is 1.71 bits per heavy atom. The van der Waals surface area contributed by atoms with Crippen LogP contribution in [0.25, 0.3) is 17.3 Å². The van der Waals surface area contributed by atoms with Gasteiger partial charge < -0.3 is 9.80 Å². The molecule has 7 heteroatoms. The van der Waals surface area contributed by atoms with Crippen LogP contribution in [0.4, 0.5) is 0 Å². The summed E-state index contributed by atoms with van der Waals surface area (Å²) in [6, 6.07) is 14.0. The predicted molar refractivity (Wildman–Crippen MR) is 135 cm³/mol. The molecular formula is C28H31N5O2. The summed E-state index contributed by atoms with van der Waals surface area (Å²) in [5.41, 5.74) is 3.74. The molecule has 0 N–H and O–H groups in total. The van der Waals surface area contributed by atoms with E-state index in [-0.39, 0.29) is 17.7 Å². The van der Waals surface area contributed by atoms with E-state index < -0.39 is 0 Å². The molecule has 35 heavy (non-hydrogen) atoms. The highest BCUT2D eigenvalue weighted by Gasteiger charge is 2.30. The van der Waals surface area contributed by atoms with Gasteiger partial charge in [0.05, 0.1) is 6.54 Å². The van der Waals surface area contributed by atoms with Crippen molar-refractivity contribution in [3.63, 3.8) is 0 Å². The second-order valence-electron chi connectivity index (χ2n) is 9.32. The number of carbonyl (C=O) groups excluding carboxylic acids is 2. The lowest BCUT2D eigenvalue weighted by atomic mass is 9.95. The lowest BCUT2D eigenvalue weighted by molar-refractivity contribution is -0.138. The van der Waals surface area contributed by atoms with Gasteiger partial charge in [-0.3, -0.25) is 19.3 Å². The summed E-state index contributed by atoms with van der Waals surface area (Å²) < 4.78 is 1.90. The monoisotopic (exact) mass is 469 g/mol. The number of likely N-dealkylation sites (tertiary alicyclic amines) is 2. The van der Waals surface area contributed by atoms with Crippen molar-refractivity contribution < 1.29 is 9.59 Å². The lowest BCUT2D eigenvalue weighted by Crippen LogP contribution is -2.43. The van der Waals surface area contributed by atoms with Crippen LogP contribution in [0.2, 0.25) is 0 Å². The van der Waals surface area contributed by atoms with E-state index in [1.165, 1.54) is 0 Å². The van der Waals surface area contributed by atoms with Crippen molar-refractivity contribution >= 4 is 17.9 Å². The van der Waals surface area contributed by atoms with E-state index in [1.807, 2.05) is 57.1 Å². The van der Waals surface area contributed by atoms with Crippen molar-refractivity contribution in [3.05, 3.63) is 78.3 Å². The Morgan fingerprint density at radius 3 is 2.43 bits per heavy atom. The second kappa shape index (κ2) is 10.7. The van der Waals surface area contributed by atoms with E-state index in [0.29, 0.717) is 19.6 Å². The molecule has 0 bridgehead atoms. The van der Waals surface area contributed by atoms with Crippen molar-refractivity contribution in [2.75, 3.05) is 26.2 Å². The second-order valence-corrected chi connectivity index (χ2v) is 9.32. The lowest BCUT2D eigenvalue weighted by Gasteiger charge is -2.32. The first-order chi connectivity index (χ1) is 17.2. The van der Waals surface area contributed by atoms with E-state index in [4.69, 9.17) is 5.10 Å². The molecule has 0 saturated carbocycles. The molecule has 2 aliphatic rings. The van der Waals surface area contributed by atoms with Gasteiger partial charge in [0.1, 0.15) is 5.69 Å². The number of hydrogen-bond donors (Lipinski definition) is 0. The molecule has 2 aromatic heterocycles. The molecular weight excluding hydrogens is 438 g/mol. The molecule has 2 amide bonds. The Bertz CT molecular complexity index is 1170. The molecule has 7 nitrogen and oxygen atoms in total. The SMILES string of the molecule is O=C(/C=C/c1cn(Cc2ccccc2)nc1-c1cccnc1)N1CCC(C(=O)N2CCCC2)CC1. The maximum atomic E-state index is 13.0. The van der Waals surface area contributed by atoms with Gasteiger partial charge in [0.25, 0.3) is 0 Å². The Balaban J connectivity index is 1.27. The highest BCUT2D eigenvalue weighted by molar-refractivity contribution is 5.93. The fourth-order valence-corrected chi connectivity index (χ4v) is 4.95. The Hall–Kier alpha value is -3.74. The smallest absolute Gasteiger partial charge is 0.246 e. The molecule has 0 atom stereocenters. The maximum Gasteiger partial charge on any atom is 0.246 e. The van der Waals surface area contributed by atoms with Gasteiger partial charge in [0, 0.05) is 67.9 Å². The van der Waals surface area contributed by atoms with E-state index in [2.05, 4.69) is 17.1 Å². The molecule has 1 aromatic carbocycles. The van der Waals surface area contributed by atoms with Crippen LogP contribution >= 0.6 is 0 Å². The van der Waals surface area contributed by atoms with Crippen LogP contribution in [0.3, 0.4) is 0 Å². The zero-order valence-corrected chi connectivity index (χ0v) is 19.9. The summed E-state index contributed by atoms with van der Waals surface area (Å²) in [5.74, 6) is 0.302. The number of rotatable bonds is 6. The van der Waals surface area contributed by atoms with Crippen LogP contribution < -0.4 is 0 Å². The molecule has 2 saturated heterocycles. The Labute approximate surface area is 206 Å². The van der Waals surface area contributed by atoms with Crippen LogP contribution in [0.1, 0.15) is 36.8 Å². The van der Waals surface area contributed by atoms with Crippen LogP contribution in [0, 0.1) is 5.92 Å². The third-order valence-corrected chi connectivity index (χ3v) is 6.89. The minimum atomic E-state index is -0.0231. The van der Waals surface area contributed by atoms with Crippen LogP contribution in [-0.4, -0.2) is 62.6 Å².